The van der Waals surface area contributed by atoms with Crippen LogP contribution in [0.1, 0.15) is 36.1 Å². The third-order valence-electron chi connectivity index (χ3n) is 5.35. The Kier molecular flexibility index (Phi) is 5.99. The van der Waals surface area contributed by atoms with Crippen LogP contribution in [0.5, 0.6) is 0 Å². The molecule has 4 aromatic rings. The second-order valence-corrected chi connectivity index (χ2v) is 7.88. The van der Waals surface area contributed by atoms with Gasteiger partial charge in [0.1, 0.15) is 0 Å². The molecule has 0 radical (unpaired) electrons. The predicted molar refractivity (Wildman–Crippen MR) is 126 cm³/mol. The highest BCUT2D eigenvalue weighted by atomic mass is 19.1. The molecule has 0 bridgehead atoms. The fourth-order valence-corrected chi connectivity index (χ4v) is 3.93. The molecule has 0 fully saturated rings. The van der Waals surface area contributed by atoms with Gasteiger partial charge >= 0.3 is 5.97 Å². The van der Waals surface area contributed by atoms with Gasteiger partial charge in [-0.15, -0.1) is 5.10 Å². The summed E-state index contributed by atoms with van der Waals surface area (Å²) in [7, 11) is 0. The summed E-state index contributed by atoms with van der Waals surface area (Å²) in [5.74, 6) is -1.32. The largest absolute Gasteiger partial charge is 0.478 e. The van der Waals surface area contributed by atoms with Crippen LogP contribution in [0.15, 0.2) is 78.9 Å². The van der Waals surface area contributed by atoms with Crippen molar-refractivity contribution in [3.05, 3.63) is 107 Å². The first-order valence-corrected chi connectivity index (χ1v) is 10.4. The molecule has 0 aliphatic rings. The lowest BCUT2D eigenvalue weighted by Crippen LogP contribution is -2.01. The number of allylic oxidation sites excluding steroid dienone is 1. The van der Waals surface area contributed by atoms with Gasteiger partial charge in [0.25, 0.3) is 0 Å². The number of aliphatic carboxylic acids is 1. The SMILES string of the molecule is CC(C)C(=C(c1ccc(C=CC(=O)O)cc1)c1ccc2[nH]nc(F)c2c1)c1ccccc1. The molecule has 32 heavy (non-hydrogen) atoms. The number of carboxylic acids is 1. The number of carboxylic acid groups (broad SMARTS) is 1. The van der Waals surface area contributed by atoms with Crippen molar-refractivity contribution in [3.63, 3.8) is 0 Å². The van der Waals surface area contributed by atoms with E-state index in [9.17, 15) is 9.18 Å². The Hall–Kier alpha value is -3.99. The Morgan fingerprint density at radius 2 is 1.66 bits per heavy atom. The van der Waals surface area contributed by atoms with E-state index in [4.69, 9.17) is 5.11 Å². The first-order valence-electron chi connectivity index (χ1n) is 10.4. The molecule has 1 heterocycles. The highest BCUT2D eigenvalue weighted by molar-refractivity contribution is 6.01. The van der Waals surface area contributed by atoms with Gasteiger partial charge in [-0.3, -0.25) is 5.10 Å². The molecule has 4 rings (SSSR count). The van der Waals surface area contributed by atoms with Gasteiger partial charge in [-0.1, -0.05) is 74.5 Å². The molecule has 160 valence electrons. The monoisotopic (exact) mass is 426 g/mol. The number of benzene rings is 3. The van der Waals surface area contributed by atoms with Gasteiger partial charge in [0.2, 0.25) is 5.95 Å². The van der Waals surface area contributed by atoms with E-state index in [0.29, 0.717) is 10.9 Å². The Morgan fingerprint density at radius 1 is 0.969 bits per heavy atom. The first-order chi connectivity index (χ1) is 15.4. The lowest BCUT2D eigenvalue weighted by molar-refractivity contribution is -0.131. The van der Waals surface area contributed by atoms with Crippen molar-refractivity contribution in [1.29, 1.82) is 0 Å². The van der Waals surface area contributed by atoms with Crippen LogP contribution < -0.4 is 0 Å². The first kappa shape index (κ1) is 21.2. The van der Waals surface area contributed by atoms with Crippen molar-refractivity contribution < 1.29 is 14.3 Å². The predicted octanol–water partition coefficient (Wildman–Crippen LogP) is 6.41. The van der Waals surface area contributed by atoms with E-state index in [0.717, 1.165) is 39.5 Å². The highest BCUT2D eigenvalue weighted by Gasteiger charge is 2.18. The van der Waals surface area contributed by atoms with Crippen LogP contribution in [-0.4, -0.2) is 21.3 Å². The van der Waals surface area contributed by atoms with Gasteiger partial charge < -0.3 is 5.11 Å². The zero-order valence-corrected chi connectivity index (χ0v) is 17.8. The summed E-state index contributed by atoms with van der Waals surface area (Å²) in [6.45, 7) is 4.28. The van der Waals surface area contributed by atoms with E-state index in [-0.39, 0.29) is 5.92 Å². The molecule has 0 aliphatic carbocycles. The fraction of sp³-hybridized carbons (Fsp3) is 0.111. The zero-order chi connectivity index (χ0) is 22.7. The third-order valence-corrected chi connectivity index (χ3v) is 5.35. The van der Waals surface area contributed by atoms with Crippen LogP contribution >= 0.6 is 0 Å². The number of hydrogen-bond donors (Lipinski definition) is 2. The van der Waals surface area contributed by atoms with Crippen molar-refractivity contribution in [2.75, 3.05) is 0 Å². The van der Waals surface area contributed by atoms with Crippen molar-refractivity contribution >= 4 is 34.1 Å². The quantitative estimate of drug-likeness (QED) is 0.276. The second-order valence-electron chi connectivity index (χ2n) is 7.88. The maximum Gasteiger partial charge on any atom is 0.328 e. The Bertz CT molecular complexity index is 1320. The molecule has 0 unspecified atom stereocenters. The number of halogens is 1. The molecule has 0 saturated heterocycles. The topological polar surface area (TPSA) is 66.0 Å². The molecule has 0 spiro atoms. The van der Waals surface area contributed by atoms with Crippen LogP contribution in [0.4, 0.5) is 4.39 Å². The van der Waals surface area contributed by atoms with Gasteiger partial charge in [0.15, 0.2) is 0 Å². The summed E-state index contributed by atoms with van der Waals surface area (Å²) < 4.78 is 14.3. The summed E-state index contributed by atoms with van der Waals surface area (Å²) in [4.78, 5) is 10.8. The van der Waals surface area contributed by atoms with E-state index in [1.165, 1.54) is 0 Å². The number of fused-ring (bicyclic) bond motifs is 1. The molecule has 3 aromatic carbocycles. The van der Waals surface area contributed by atoms with E-state index >= 15 is 0 Å². The minimum absolute atomic E-state index is 0.198. The van der Waals surface area contributed by atoms with Crippen molar-refractivity contribution in [2.24, 2.45) is 5.92 Å². The average molecular weight is 426 g/mol. The minimum Gasteiger partial charge on any atom is -0.478 e. The molecule has 4 nitrogen and oxygen atoms in total. The Morgan fingerprint density at radius 3 is 2.31 bits per heavy atom. The lowest BCUT2D eigenvalue weighted by Gasteiger charge is -2.20. The summed E-state index contributed by atoms with van der Waals surface area (Å²) in [5.41, 5.74) is 6.53. The summed E-state index contributed by atoms with van der Waals surface area (Å²) >= 11 is 0. The fourth-order valence-electron chi connectivity index (χ4n) is 3.93. The molecule has 0 atom stereocenters. The Balaban J connectivity index is 1.95. The molecule has 0 aliphatic heterocycles. The van der Waals surface area contributed by atoms with Gasteiger partial charge in [0, 0.05) is 6.08 Å². The number of aromatic amines is 1. The van der Waals surface area contributed by atoms with E-state index < -0.39 is 11.9 Å². The Labute approximate surface area is 185 Å². The number of aromatic nitrogens is 2. The molecule has 1 aromatic heterocycles. The number of nitrogens with zero attached hydrogens (tertiary/aromatic N) is 1. The average Bonchev–Trinajstić information content (AvgIpc) is 3.17. The van der Waals surface area contributed by atoms with Crippen molar-refractivity contribution in [1.82, 2.24) is 10.2 Å². The number of rotatable bonds is 6. The standard InChI is InChI=1S/C27H23FN2O2/c1-17(2)25(19-6-4-3-5-7-19)26(20-11-8-18(9-12-20)10-15-24(31)32)21-13-14-23-22(16-21)27(28)30-29-23/h3-17H,1-2H3,(H,29,30)(H,31,32). The van der Waals surface area contributed by atoms with Gasteiger partial charge in [-0.25, -0.2) is 4.79 Å². The maximum atomic E-state index is 14.3. The molecule has 0 amide bonds. The van der Waals surface area contributed by atoms with Crippen molar-refractivity contribution in [3.8, 4) is 0 Å². The van der Waals surface area contributed by atoms with Crippen LogP contribution in [0, 0.1) is 11.9 Å². The molecule has 0 saturated carbocycles. The van der Waals surface area contributed by atoms with E-state index in [2.05, 4.69) is 36.2 Å². The lowest BCUT2D eigenvalue weighted by atomic mass is 9.83. The summed E-state index contributed by atoms with van der Waals surface area (Å²) in [6, 6.07) is 23.5. The second kappa shape index (κ2) is 9.02. The third kappa shape index (κ3) is 4.37. The van der Waals surface area contributed by atoms with E-state index in [1.54, 1.807) is 6.08 Å². The number of H-pyrrole nitrogens is 1. The minimum atomic E-state index is -0.990. The van der Waals surface area contributed by atoms with Gasteiger partial charge in [-0.05, 0) is 57.5 Å². The molecular weight excluding hydrogens is 403 g/mol. The molecule has 5 heteroatoms. The maximum absolute atomic E-state index is 14.3. The van der Waals surface area contributed by atoms with Crippen molar-refractivity contribution in [2.45, 2.75) is 13.8 Å². The zero-order valence-electron chi connectivity index (χ0n) is 17.8. The van der Waals surface area contributed by atoms with Gasteiger partial charge in [-0.2, -0.15) is 4.39 Å². The normalized spacial score (nSPS) is 12.5. The number of hydrogen-bond acceptors (Lipinski definition) is 2. The number of nitrogens with one attached hydrogen (secondary N) is 1. The van der Waals surface area contributed by atoms with Crippen LogP contribution in [-0.2, 0) is 4.79 Å². The molecular formula is C27H23FN2O2. The van der Waals surface area contributed by atoms with Crippen LogP contribution in [0.2, 0.25) is 0 Å². The summed E-state index contributed by atoms with van der Waals surface area (Å²) in [5, 5.41) is 15.7. The van der Waals surface area contributed by atoms with Gasteiger partial charge in [0.05, 0.1) is 10.9 Å². The van der Waals surface area contributed by atoms with Crippen LogP contribution in [0.3, 0.4) is 0 Å². The number of carbonyl (C=O) groups is 1. The smallest absolute Gasteiger partial charge is 0.328 e. The van der Waals surface area contributed by atoms with E-state index in [1.807, 2.05) is 60.7 Å². The highest BCUT2D eigenvalue weighted by Crippen LogP contribution is 2.38. The van der Waals surface area contributed by atoms with Crippen LogP contribution in [0.25, 0.3) is 28.1 Å². The molecule has 2 N–H and O–H groups in total. The summed E-state index contributed by atoms with van der Waals surface area (Å²) in [6.07, 6.45) is 2.67.